The number of benzene rings is 1. The van der Waals surface area contributed by atoms with Gasteiger partial charge in [0.25, 0.3) is 5.91 Å². The van der Waals surface area contributed by atoms with Crippen LogP contribution in [0.25, 0.3) is 0 Å². The van der Waals surface area contributed by atoms with Crippen molar-refractivity contribution in [1.29, 1.82) is 0 Å². The summed E-state index contributed by atoms with van der Waals surface area (Å²) in [6, 6.07) is 10.7. The zero-order valence-corrected chi connectivity index (χ0v) is 13.0. The van der Waals surface area contributed by atoms with Gasteiger partial charge in [-0.3, -0.25) is 9.78 Å². The van der Waals surface area contributed by atoms with Crippen LogP contribution in [0.15, 0.2) is 47.7 Å². The van der Waals surface area contributed by atoms with Crippen molar-refractivity contribution < 1.29 is 9.53 Å². The highest BCUT2D eigenvalue weighted by molar-refractivity contribution is 6.31. The molecule has 0 bridgehead atoms. The van der Waals surface area contributed by atoms with E-state index in [1.807, 2.05) is 13.0 Å². The van der Waals surface area contributed by atoms with Crippen LogP contribution in [-0.2, 0) is 4.79 Å². The fourth-order valence-electron chi connectivity index (χ4n) is 1.65. The molecule has 0 fully saturated rings. The minimum absolute atomic E-state index is 0.347. The standard InChI is InChI=1S/C16H16ClN3O2/c1-11-9-14(6-7-15(11)17)22-12(2)16(21)20-19-10-13-5-3-4-8-18-13/h3-10,12H,1-2H3,(H,20,21). The SMILES string of the molecule is Cc1cc(OC(C)C(=O)NN=Cc2ccccn2)ccc1Cl. The molecule has 0 spiro atoms. The number of aryl methyl sites for hydroxylation is 1. The number of halogens is 1. The van der Waals surface area contributed by atoms with Crippen LogP contribution in [0, 0.1) is 6.92 Å². The first-order chi connectivity index (χ1) is 10.6. The van der Waals surface area contributed by atoms with Gasteiger partial charge in [-0.25, -0.2) is 5.43 Å². The minimum Gasteiger partial charge on any atom is -0.481 e. The molecular formula is C16H16ClN3O2. The van der Waals surface area contributed by atoms with Crippen LogP contribution in [0.3, 0.4) is 0 Å². The van der Waals surface area contributed by atoms with E-state index in [1.54, 1.807) is 43.5 Å². The molecule has 1 aromatic heterocycles. The molecule has 114 valence electrons. The molecule has 2 rings (SSSR count). The molecule has 0 saturated heterocycles. The molecule has 0 aliphatic rings. The van der Waals surface area contributed by atoms with E-state index in [2.05, 4.69) is 15.5 Å². The Hall–Kier alpha value is -2.40. The van der Waals surface area contributed by atoms with Crippen LogP contribution in [0.5, 0.6) is 5.75 Å². The molecule has 0 aliphatic carbocycles. The predicted molar refractivity (Wildman–Crippen MR) is 86.3 cm³/mol. The highest BCUT2D eigenvalue weighted by Crippen LogP contribution is 2.21. The molecule has 1 N–H and O–H groups in total. The maximum absolute atomic E-state index is 11.9. The summed E-state index contributed by atoms with van der Waals surface area (Å²) < 4.78 is 5.55. The Morgan fingerprint density at radius 3 is 2.91 bits per heavy atom. The topological polar surface area (TPSA) is 63.6 Å². The second-order valence-electron chi connectivity index (χ2n) is 4.66. The number of hydrazone groups is 1. The smallest absolute Gasteiger partial charge is 0.280 e. The van der Waals surface area contributed by atoms with Crippen molar-refractivity contribution >= 4 is 23.7 Å². The molecule has 1 unspecified atom stereocenters. The maximum Gasteiger partial charge on any atom is 0.280 e. The van der Waals surface area contributed by atoms with E-state index in [-0.39, 0.29) is 5.91 Å². The quantitative estimate of drug-likeness (QED) is 0.681. The Balaban J connectivity index is 1.89. The normalized spacial score (nSPS) is 12.1. The van der Waals surface area contributed by atoms with Crippen LogP contribution in [0.1, 0.15) is 18.2 Å². The minimum atomic E-state index is -0.679. The van der Waals surface area contributed by atoms with Gasteiger partial charge in [0.2, 0.25) is 0 Å². The van der Waals surface area contributed by atoms with Gasteiger partial charge in [0.15, 0.2) is 6.10 Å². The van der Waals surface area contributed by atoms with Crippen molar-refractivity contribution in [3.8, 4) is 5.75 Å². The van der Waals surface area contributed by atoms with Gasteiger partial charge >= 0.3 is 0 Å². The van der Waals surface area contributed by atoms with Gasteiger partial charge in [-0.05, 0) is 49.7 Å². The fourth-order valence-corrected chi connectivity index (χ4v) is 1.77. The first kappa shape index (κ1) is 16.0. The fraction of sp³-hybridized carbons (Fsp3) is 0.188. The van der Waals surface area contributed by atoms with Crippen molar-refractivity contribution in [2.24, 2.45) is 5.10 Å². The summed E-state index contributed by atoms with van der Waals surface area (Å²) >= 11 is 5.95. The average molecular weight is 318 g/mol. The van der Waals surface area contributed by atoms with Crippen LogP contribution in [0.4, 0.5) is 0 Å². The summed E-state index contributed by atoms with van der Waals surface area (Å²) in [4.78, 5) is 16.0. The van der Waals surface area contributed by atoms with Gasteiger partial charge < -0.3 is 4.74 Å². The highest BCUT2D eigenvalue weighted by atomic mass is 35.5. The summed E-state index contributed by atoms with van der Waals surface area (Å²) in [5, 5.41) is 4.50. The molecular weight excluding hydrogens is 302 g/mol. The molecule has 1 aromatic carbocycles. The van der Waals surface area contributed by atoms with Gasteiger partial charge in [-0.2, -0.15) is 5.10 Å². The Kier molecular flexibility index (Phi) is 5.49. The maximum atomic E-state index is 11.9. The number of nitrogens with zero attached hydrogens (tertiary/aromatic N) is 2. The Morgan fingerprint density at radius 2 is 2.23 bits per heavy atom. The Morgan fingerprint density at radius 1 is 1.41 bits per heavy atom. The second kappa shape index (κ2) is 7.56. The third-order valence-corrected chi connectivity index (χ3v) is 3.29. The van der Waals surface area contributed by atoms with Crippen LogP contribution < -0.4 is 10.2 Å². The molecule has 22 heavy (non-hydrogen) atoms. The molecule has 5 nitrogen and oxygen atoms in total. The van der Waals surface area contributed by atoms with E-state index in [0.29, 0.717) is 16.5 Å². The summed E-state index contributed by atoms with van der Waals surface area (Å²) in [6.45, 7) is 3.52. The van der Waals surface area contributed by atoms with Crippen LogP contribution in [0.2, 0.25) is 5.02 Å². The molecule has 0 aliphatic heterocycles. The lowest BCUT2D eigenvalue weighted by Crippen LogP contribution is -2.33. The number of pyridine rings is 1. The molecule has 0 radical (unpaired) electrons. The molecule has 1 amide bonds. The van der Waals surface area contributed by atoms with E-state index in [0.717, 1.165) is 5.56 Å². The van der Waals surface area contributed by atoms with Gasteiger partial charge in [0.05, 0.1) is 11.9 Å². The summed E-state index contributed by atoms with van der Waals surface area (Å²) in [5.74, 6) is 0.234. The Bertz CT molecular complexity index is 674. The summed E-state index contributed by atoms with van der Waals surface area (Å²) in [6.07, 6.45) is 2.44. The summed E-state index contributed by atoms with van der Waals surface area (Å²) in [5.41, 5.74) is 3.96. The van der Waals surface area contributed by atoms with Gasteiger partial charge in [0, 0.05) is 11.2 Å². The van der Waals surface area contributed by atoms with Crippen LogP contribution in [-0.4, -0.2) is 23.2 Å². The number of aromatic nitrogens is 1. The van der Waals surface area contributed by atoms with Gasteiger partial charge in [-0.1, -0.05) is 17.7 Å². The number of nitrogens with one attached hydrogen (secondary N) is 1. The third kappa shape index (κ3) is 4.56. The van der Waals surface area contributed by atoms with E-state index in [1.165, 1.54) is 6.21 Å². The molecule has 1 atom stereocenters. The average Bonchev–Trinajstić information content (AvgIpc) is 2.52. The summed E-state index contributed by atoms with van der Waals surface area (Å²) in [7, 11) is 0. The number of hydrogen-bond donors (Lipinski definition) is 1. The van der Waals surface area contributed by atoms with E-state index in [4.69, 9.17) is 16.3 Å². The lowest BCUT2D eigenvalue weighted by molar-refractivity contribution is -0.127. The van der Waals surface area contributed by atoms with Gasteiger partial charge in [0.1, 0.15) is 5.75 Å². The molecule has 0 saturated carbocycles. The number of rotatable bonds is 5. The third-order valence-electron chi connectivity index (χ3n) is 2.87. The lowest BCUT2D eigenvalue weighted by atomic mass is 10.2. The molecule has 1 heterocycles. The Labute approximate surface area is 134 Å². The van der Waals surface area contributed by atoms with Crippen molar-refractivity contribution in [1.82, 2.24) is 10.4 Å². The van der Waals surface area contributed by atoms with E-state index in [9.17, 15) is 4.79 Å². The number of carbonyl (C=O) groups is 1. The van der Waals surface area contributed by atoms with E-state index >= 15 is 0 Å². The highest BCUT2D eigenvalue weighted by Gasteiger charge is 2.14. The first-order valence-electron chi connectivity index (χ1n) is 6.73. The molecule has 2 aromatic rings. The second-order valence-corrected chi connectivity index (χ2v) is 5.07. The molecule has 6 heteroatoms. The van der Waals surface area contributed by atoms with Crippen molar-refractivity contribution in [3.63, 3.8) is 0 Å². The van der Waals surface area contributed by atoms with Crippen LogP contribution >= 0.6 is 11.6 Å². The monoisotopic (exact) mass is 317 g/mol. The van der Waals surface area contributed by atoms with Gasteiger partial charge in [-0.15, -0.1) is 0 Å². The van der Waals surface area contributed by atoms with Crippen molar-refractivity contribution in [2.75, 3.05) is 0 Å². The zero-order valence-electron chi connectivity index (χ0n) is 12.3. The first-order valence-corrected chi connectivity index (χ1v) is 7.11. The largest absolute Gasteiger partial charge is 0.481 e. The number of hydrogen-bond acceptors (Lipinski definition) is 4. The number of carbonyl (C=O) groups excluding carboxylic acids is 1. The lowest BCUT2D eigenvalue weighted by Gasteiger charge is -2.13. The predicted octanol–water partition coefficient (Wildman–Crippen LogP) is 2.96. The van der Waals surface area contributed by atoms with Crippen molar-refractivity contribution in [3.05, 3.63) is 58.9 Å². The zero-order chi connectivity index (χ0) is 15.9. The number of amides is 1. The van der Waals surface area contributed by atoms with E-state index < -0.39 is 6.10 Å². The number of ether oxygens (including phenoxy) is 1. The van der Waals surface area contributed by atoms with Crippen molar-refractivity contribution in [2.45, 2.75) is 20.0 Å².